The van der Waals surface area contributed by atoms with Crippen molar-refractivity contribution in [1.82, 2.24) is 25.9 Å². The van der Waals surface area contributed by atoms with Crippen molar-refractivity contribution in [1.29, 1.82) is 0 Å². The molecular formula is C24H27N5O2. The number of pyridine rings is 1. The maximum absolute atomic E-state index is 13.0. The fraction of sp³-hybridized carbons (Fsp3) is 0.375. The van der Waals surface area contributed by atoms with Crippen molar-refractivity contribution >= 4 is 22.7 Å². The lowest BCUT2D eigenvalue weighted by Crippen LogP contribution is -2.56. The summed E-state index contributed by atoms with van der Waals surface area (Å²) in [4.78, 5) is 33.4. The van der Waals surface area contributed by atoms with E-state index in [2.05, 4.69) is 25.9 Å². The SMILES string of the molecule is Cc1cc(C(=O)NC2CNC2)cnc1C(NC(=O)c1cc2cccc(C)c2[nH]1)C1CC1. The zero-order valence-corrected chi connectivity index (χ0v) is 17.8. The topological polar surface area (TPSA) is 98.9 Å². The molecule has 2 amide bonds. The van der Waals surface area contributed by atoms with Crippen molar-refractivity contribution in [2.24, 2.45) is 5.92 Å². The predicted molar refractivity (Wildman–Crippen MR) is 119 cm³/mol. The van der Waals surface area contributed by atoms with Gasteiger partial charge in [0.15, 0.2) is 0 Å². The lowest BCUT2D eigenvalue weighted by Gasteiger charge is -2.28. The number of rotatable bonds is 6. The standard InChI is InChI=1S/C24H27N5O2/c1-13-4-3-5-16-9-19(28-20(13)16)24(31)29-22(15-6-7-15)21-14(2)8-17(10-26-21)23(30)27-18-11-25-12-18/h3-5,8-10,15,18,22,25,28H,6-7,11-12H2,1-2H3,(H,27,30)(H,29,31). The van der Waals surface area contributed by atoms with E-state index < -0.39 is 0 Å². The molecule has 1 aliphatic carbocycles. The summed E-state index contributed by atoms with van der Waals surface area (Å²) in [5.74, 6) is 0.143. The molecule has 2 aliphatic rings. The molecule has 1 atom stereocenters. The van der Waals surface area contributed by atoms with Crippen molar-refractivity contribution in [2.45, 2.75) is 38.8 Å². The number of aryl methyl sites for hydroxylation is 2. The number of amides is 2. The van der Waals surface area contributed by atoms with Crippen molar-refractivity contribution in [3.05, 3.63) is 64.6 Å². The number of para-hydroxylation sites is 1. The highest BCUT2D eigenvalue weighted by atomic mass is 16.2. The smallest absolute Gasteiger partial charge is 0.268 e. The molecule has 2 fully saturated rings. The van der Waals surface area contributed by atoms with Crippen LogP contribution < -0.4 is 16.0 Å². The molecule has 1 aliphatic heterocycles. The normalized spacial score (nSPS) is 17.2. The third kappa shape index (κ3) is 3.93. The molecule has 0 bridgehead atoms. The number of nitrogens with zero attached hydrogens (tertiary/aromatic N) is 1. The summed E-state index contributed by atoms with van der Waals surface area (Å²) in [6.45, 7) is 5.59. The molecule has 7 nitrogen and oxygen atoms in total. The number of nitrogens with one attached hydrogen (secondary N) is 4. The number of fused-ring (bicyclic) bond motifs is 1. The zero-order chi connectivity index (χ0) is 21.5. The van der Waals surface area contributed by atoms with Gasteiger partial charge < -0.3 is 20.9 Å². The van der Waals surface area contributed by atoms with Crippen LogP contribution in [0, 0.1) is 19.8 Å². The lowest BCUT2D eigenvalue weighted by atomic mass is 10.0. The van der Waals surface area contributed by atoms with E-state index in [1.807, 2.05) is 44.2 Å². The van der Waals surface area contributed by atoms with Gasteiger partial charge in [0, 0.05) is 30.2 Å². The molecule has 1 saturated heterocycles. The molecule has 3 aromatic rings. The molecule has 1 saturated carbocycles. The van der Waals surface area contributed by atoms with Gasteiger partial charge in [-0.1, -0.05) is 18.2 Å². The van der Waals surface area contributed by atoms with Gasteiger partial charge in [0.1, 0.15) is 5.69 Å². The minimum absolute atomic E-state index is 0.103. The van der Waals surface area contributed by atoms with Gasteiger partial charge in [0.25, 0.3) is 11.8 Å². The average molecular weight is 418 g/mol. The Hall–Kier alpha value is -3.19. The van der Waals surface area contributed by atoms with Gasteiger partial charge in [-0.05, 0) is 55.9 Å². The van der Waals surface area contributed by atoms with E-state index >= 15 is 0 Å². The molecule has 2 aromatic heterocycles. The zero-order valence-electron chi connectivity index (χ0n) is 17.8. The monoisotopic (exact) mass is 417 g/mol. The van der Waals surface area contributed by atoms with Crippen molar-refractivity contribution < 1.29 is 9.59 Å². The van der Waals surface area contributed by atoms with Crippen LogP contribution in [0.4, 0.5) is 0 Å². The number of carbonyl (C=O) groups is 2. The van der Waals surface area contributed by atoms with Crippen LogP contribution in [0.15, 0.2) is 36.5 Å². The van der Waals surface area contributed by atoms with Gasteiger partial charge in [0.05, 0.1) is 23.3 Å². The Labute approximate surface area is 181 Å². The van der Waals surface area contributed by atoms with Gasteiger partial charge in [-0.2, -0.15) is 0 Å². The number of H-pyrrole nitrogens is 1. The summed E-state index contributed by atoms with van der Waals surface area (Å²) in [5.41, 5.74) is 4.97. The molecule has 3 heterocycles. The number of aromatic amines is 1. The summed E-state index contributed by atoms with van der Waals surface area (Å²) in [6.07, 6.45) is 3.75. The summed E-state index contributed by atoms with van der Waals surface area (Å²) in [7, 11) is 0. The number of hydrogen-bond acceptors (Lipinski definition) is 4. The van der Waals surface area contributed by atoms with Crippen molar-refractivity contribution in [3.63, 3.8) is 0 Å². The van der Waals surface area contributed by atoms with Gasteiger partial charge in [-0.3, -0.25) is 14.6 Å². The second-order valence-electron chi connectivity index (χ2n) is 8.77. The fourth-order valence-electron chi connectivity index (χ4n) is 4.18. The number of aromatic nitrogens is 2. The quantitative estimate of drug-likeness (QED) is 0.496. The minimum atomic E-state index is -0.159. The maximum atomic E-state index is 13.0. The molecule has 1 unspecified atom stereocenters. The minimum Gasteiger partial charge on any atom is -0.350 e. The van der Waals surface area contributed by atoms with E-state index in [0.29, 0.717) is 17.2 Å². The Bertz CT molecular complexity index is 1160. The molecule has 7 heteroatoms. The molecule has 5 rings (SSSR count). The Morgan fingerprint density at radius 3 is 2.55 bits per heavy atom. The Kier molecular flexibility index (Phi) is 4.98. The van der Waals surface area contributed by atoms with Crippen LogP contribution in [-0.2, 0) is 0 Å². The highest BCUT2D eigenvalue weighted by Crippen LogP contribution is 2.41. The average Bonchev–Trinajstić information content (AvgIpc) is 3.46. The van der Waals surface area contributed by atoms with Crippen LogP contribution in [0.3, 0.4) is 0 Å². The predicted octanol–water partition coefficient (Wildman–Crippen LogP) is 2.76. The van der Waals surface area contributed by atoms with Crippen molar-refractivity contribution in [2.75, 3.05) is 13.1 Å². The second-order valence-corrected chi connectivity index (χ2v) is 8.77. The highest BCUT2D eigenvalue weighted by molar-refractivity contribution is 5.99. The summed E-state index contributed by atoms with van der Waals surface area (Å²) >= 11 is 0. The van der Waals surface area contributed by atoms with Crippen LogP contribution in [0.5, 0.6) is 0 Å². The van der Waals surface area contributed by atoms with Gasteiger partial charge >= 0.3 is 0 Å². The Morgan fingerprint density at radius 1 is 1.10 bits per heavy atom. The lowest BCUT2D eigenvalue weighted by molar-refractivity contribution is 0.0914. The van der Waals surface area contributed by atoms with Gasteiger partial charge in [-0.15, -0.1) is 0 Å². The number of hydrogen-bond donors (Lipinski definition) is 4. The maximum Gasteiger partial charge on any atom is 0.268 e. The number of benzene rings is 1. The first-order valence-corrected chi connectivity index (χ1v) is 10.9. The highest BCUT2D eigenvalue weighted by Gasteiger charge is 2.36. The Morgan fingerprint density at radius 2 is 1.90 bits per heavy atom. The third-order valence-electron chi connectivity index (χ3n) is 6.28. The van der Waals surface area contributed by atoms with E-state index in [1.54, 1.807) is 6.20 Å². The van der Waals surface area contributed by atoms with Crippen LogP contribution in [0.25, 0.3) is 10.9 Å². The first-order valence-electron chi connectivity index (χ1n) is 10.9. The van der Waals surface area contributed by atoms with Crippen LogP contribution in [-0.4, -0.2) is 40.9 Å². The molecule has 0 radical (unpaired) electrons. The van der Waals surface area contributed by atoms with Crippen LogP contribution >= 0.6 is 0 Å². The Balaban J connectivity index is 1.36. The van der Waals surface area contributed by atoms with Gasteiger partial charge in [0.2, 0.25) is 0 Å². The summed E-state index contributed by atoms with van der Waals surface area (Å²) in [5, 5.41) is 10.4. The van der Waals surface area contributed by atoms with E-state index in [-0.39, 0.29) is 23.9 Å². The fourth-order valence-corrected chi connectivity index (χ4v) is 4.18. The molecule has 4 N–H and O–H groups in total. The molecule has 1 aromatic carbocycles. The summed E-state index contributed by atoms with van der Waals surface area (Å²) in [6, 6.07) is 9.82. The summed E-state index contributed by atoms with van der Waals surface area (Å²) < 4.78 is 0. The van der Waals surface area contributed by atoms with E-state index in [9.17, 15) is 9.59 Å². The largest absolute Gasteiger partial charge is 0.350 e. The number of carbonyl (C=O) groups excluding carboxylic acids is 2. The van der Waals surface area contributed by atoms with E-state index in [4.69, 9.17) is 0 Å². The molecule has 0 spiro atoms. The first-order chi connectivity index (χ1) is 15.0. The van der Waals surface area contributed by atoms with Gasteiger partial charge in [-0.25, -0.2) is 0 Å². The first kappa shape index (κ1) is 19.8. The molecule has 31 heavy (non-hydrogen) atoms. The second kappa shape index (κ2) is 7.81. The van der Waals surface area contributed by atoms with Crippen molar-refractivity contribution in [3.8, 4) is 0 Å². The third-order valence-corrected chi connectivity index (χ3v) is 6.28. The van der Waals surface area contributed by atoms with Crippen LogP contribution in [0.1, 0.15) is 56.6 Å². The van der Waals surface area contributed by atoms with E-state index in [0.717, 1.165) is 53.7 Å². The van der Waals surface area contributed by atoms with Crippen LogP contribution in [0.2, 0.25) is 0 Å². The molecular weight excluding hydrogens is 390 g/mol. The van der Waals surface area contributed by atoms with E-state index in [1.165, 1.54) is 0 Å². The molecule has 160 valence electrons.